The average molecular weight is 559 g/mol. The molecule has 0 unspecified atom stereocenters. The van der Waals surface area contributed by atoms with Crippen LogP contribution in [0.15, 0.2) is 97.1 Å². The van der Waals surface area contributed by atoms with Crippen LogP contribution in [0.4, 0.5) is 0 Å². The van der Waals surface area contributed by atoms with E-state index in [1.165, 1.54) is 28.4 Å². The van der Waals surface area contributed by atoms with Crippen molar-refractivity contribution in [1.82, 2.24) is 0 Å². The van der Waals surface area contributed by atoms with E-state index in [9.17, 15) is 19.2 Å². The van der Waals surface area contributed by atoms with Gasteiger partial charge in [0.15, 0.2) is 0 Å². The van der Waals surface area contributed by atoms with Gasteiger partial charge in [0.2, 0.25) is 0 Å². The molecule has 9 nitrogen and oxygen atoms in total. The molecule has 0 fully saturated rings. The van der Waals surface area contributed by atoms with E-state index < -0.39 is 0 Å². The standard InChI is InChI=1S/2C16H14O4.H2O/c2*1-19-15(17)13-7-3-11(4-8-13)12-5-9-14(10-6-12)16(18)20-2;/h2*3-10H,1-2H3;1H2. The van der Waals surface area contributed by atoms with Crippen molar-refractivity contribution >= 4 is 23.9 Å². The van der Waals surface area contributed by atoms with Crippen LogP contribution in [0.25, 0.3) is 22.3 Å². The molecule has 0 amide bonds. The quantitative estimate of drug-likeness (QED) is 0.237. The second-order valence-corrected chi connectivity index (χ2v) is 8.28. The molecule has 0 saturated carbocycles. The zero-order valence-electron chi connectivity index (χ0n) is 23.0. The lowest BCUT2D eigenvalue weighted by atomic mass is 10.0. The van der Waals surface area contributed by atoms with Crippen molar-refractivity contribution in [2.75, 3.05) is 28.4 Å². The molecular weight excluding hydrogens is 528 g/mol. The van der Waals surface area contributed by atoms with Gasteiger partial charge in [0, 0.05) is 0 Å². The first-order chi connectivity index (χ1) is 19.3. The van der Waals surface area contributed by atoms with E-state index in [4.69, 9.17) is 0 Å². The molecule has 0 radical (unpaired) electrons. The fourth-order valence-corrected chi connectivity index (χ4v) is 3.67. The molecule has 4 rings (SSSR count). The maximum atomic E-state index is 11.3. The molecule has 0 saturated heterocycles. The molecule has 4 aromatic carbocycles. The minimum atomic E-state index is -0.363. The van der Waals surface area contributed by atoms with Crippen LogP contribution in [0, 0.1) is 0 Å². The monoisotopic (exact) mass is 558 g/mol. The van der Waals surface area contributed by atoms with Crippen LogP contribution in [-0.2, 0) is 18.9 Å². The first-order valence-corrected chi connectivity index (χ1v) is 12.1. The van der Waals surface area contributed by atoms with Crippen LogP contribution in [-0.4, -0.2) is 57.8 Å². The number of benzene rings is 4. The third-order valence-corrected chi connectivity index (χ3v) is 5.89. The number of ether oxygens (including phenoxy) is 4. The Morgan fingerprint density at radius 3 is 0.610 bits per heavy atom. The van der Waals surface area contributed by atoms with Crippen LogP contribution in [0.2, 0.25) is 0 Å². The molecule has 0 spiro atoms. The number of hydrogen-bond donors (Lipinski definition) is 0. The Labute approximate surface area is 237 Å². The van der Waals surface area contributed by atoms with Crippen molar-refractivity contribution in [2.24, 2.45) is 0 Å². The van der Waals surface area contributed by atoms with Crippen LogP contribution < -0.4 is 0 Å². The number of carbonyl (C=O) groups excluding carboxylic acids is 4. The number of hydrogen-bond acceptors (Lipinski definition) is 8. The molecule has 9 heteroatoms. The molecule has 4 aromatic rings. The molecule has 0 aliphatic heterocycles. The van der Waals surface area contributed by atoms with Gasteiger partial charge < -0.3 is 24.4 Å². The Hall–Kier alpha value is -5.28. The zero-order chi connectivity index (χ0) is 29.1. The Morgan fingerprint density at radius 1 is 0.341 bits per heavy atom. The van der Waals surface area contributed by atoms with Gasteiger partial charge in [-0.3, -0.25) is 0 Å². The Kier molecular flexibility index (Phi) is 12.0. The third-order valence-electron chi connectivity index (χ3n) is 5.89. The van der Waals surface area contributed by atoms with Crippen LogP contribution in [0.1, 0.15) is 41.4 Å². The Morgan fingerprint density at radius 2 is 0.488 bits per heavy atom. The molecule has 212 valence electrons. The lowest BCUT2D eigenvalue weighted by Crippen LogP contribution is -2.01. The van der Waals surface area contributed by atoms with Crippen molar-refractivity contribution in [2.45, 2.75) is 0 Å². The summed E-state index contributed by atoms with van der Waals surface area (Å²) in [4.78, 5) is 45.4. The van der Waals surface area contributed by atoms with Gasteiger partial charge in [-0.1, -0.05) is 48.5 Å². The van der Waals surface area contributed by atoms with Crippen LogP contribution in [0.3, 0.4) is 0 Å². The Bertz CT molecular complexity index is 1230. The number of esters is 4. The predicted molar refractivity (Wildman–Crippen MR) is 153 cm³/mol. The third kappa shape index (κ3) is 8.35. The first kappa shape index (κ1) is 31.9. The zero-order valence-corrected chi connectivity index (χ0v) is 23.0. The fourth-order valence-electron chi connectivity index (χ4n) is 3.67. The number of methoxy groups -OCH3 is 4. The van der Waals surface area contributed by atoms with Crippen molar-refractivity contribution in [1.29, 1.82) is 0 Å². The summed E-state index contributed by atoms with van der Waals surface area (Å²) >= 11 is 0. The highest BCUT2D eigenvalue weighted by atomic mass is 16.5. The molecule has 0 heterocycles. The lowest BCUT2D eigenvalue weighted by molar-refractivity contribution is 0.0592. The number of rotatable bonds is 6. The number of carbonyl (C=O) groups is 4. The van der Waals surface area contributed by atoms with E-state index >= 15 is 0 Å². The second kappa shape index (κ2) is 15.3. The van der Waals surface area contributed by atoms with Gasteiger partial charge in [-0.15, -0.1) is 0 Å². The van der Waals surface area contributed by atoms with Crippen molar-refractivity contribution < 1.29 is 43.6 Å². The first-order valence-electron chi connectivity index (χ1n) is 12.1. The summed E-state index contributed by atoms with van der Waals surface area (Å²) in [7, 11) is 5.40. The van der Waals surface area contributed by atoms with Crippen molar-refractivity contribution in [3.8, 4) is 22.3 Å². The minimum Gasteiger partial charge on any atom is -0.465 e. The summed E-state index contributed by atoms with van der Waals surface area (Å²) in [6, 6.07) is 28.3. The molecule has 0 atom stereocenters. The maximum absolute atomic E-state index is 11.3. The van der Waals surface area contributed by atoms with Gasteiger partial charge in [-0.05, 0) is 70.8 Å². The molecule has 0 bridgehead atoms. The lowest BCUT2D eigenvalue weighted by Gasteiger charge is -2.05. The SMILES string of the molecule is COC(=O)c1ccc(-c2ccc(C(=O)OC)cc2)cc1.COC(=O)c1ccc(-c2ccc(C(=O)OC)cc2)cc1.O. The van der Waals surface area contributed by atoms with E-state index in [0.29, 0.717) is 22.3 Å². The summed E-state index contributed by atoms with van der Waals surface area (Å²) in [5.74, 6) is -1.45. The van der Waals surface area contributed by atoms with Gasteiger partial charge in [-0.25, -0.2) is 19.2 Å². The predicted octanol–water partition coefficient (Wildman–Crippen LogP) is 5.03. The normalized spacial score (nSPS) is 9.66. The maximum Gasteiger partial charge on any atom is 0.337 e. The summed E-state index contributed by atoms with van der Waals surface area (Å²) in [5.41, 5.74) is 5.82. The molecule has 0 aliphatic carbocycles. The minimum absolute atomic E-state index is 0. The highest BCUT2D eigenvalue weighted by Crippen LogP contribution is 2.22. The van der Waals surface area contributed by atoms with Gasteiger partial charge in [0.05, 0.1) is 50.7 Å². The molecule has 41 heavy (non-hydrogen) atoms. The van der Waals surface area contributed by atoms with E-state index in [0.717, 1.165) is 22.3 Å². The van der Waals surface area contributed by atoms with E-state index in [-0.39, 0.29) is 29.4 Å². The van der Waals surface area contributed by atoms with Gasteiger partial charge >= 0.3 is 23.9 Å². The van der Waals surface area contributed by atoms with Crippen molar-refractivity contribution in [3.63, 3.8) is 0 Å². The highest BCUT2D eigenvalue weighted by Gasteiger charge is 2.09. The van der Waals surface area contributed by atoms with Gasteiger partial charge in [0.1, 0.15) is 0 Å². The molecule has 2 N–H and O–H groups in total. The molecule has 0 aliphatic rings. The van der Waals surface area contributed by atoms with Gasteiger partial charge in [0.25, 0.3) is 0 Å². The Balaban J connectivity index is 0.000000280. The smallest absolute Gasteiger partial charge is 0.337 e. The van der Waals surface area contributed by atoms with E-state index in [1.807, 2.05) is 48.5 Å². The van der Waals surface area contributed by atoms with E-state index in [2.05, 4.69) is 18.9 Å². The van der Waals surface area contributed by atoms with Crippen LogP contribution >= 0.6 is 0 Å². The molecule has 0 aromatic heterocycles. The largest absolute Gasteiger partial charge is 0.465 e. The summed E-state index contributed by atoms with van der Waals surface area (Å²) < 4.78 is 18.6. The topological polar surface area (TPSA) is 137 Å². The second-order valence-electron chi connectivity index (χ2n) is 8.28. The summed E-state index contributed by atoms with van der Waals surface area (Å²) in [6.07, 6.45) is 0. The summed E-state index contributed by atoms with van der Waals surface area (Å²) in [6.45, 7) is 0. The van der Waals surface area contributed by atoms with Gasteiger partial charge in [-0.2, -0.15) is 0 Å². The average Bonchev–Trinajstić information content (AvgIpc) is 3.03. The van der Waals surface area contributed by atoms with E-state index in [1.54, 1.807) is 48.5 Å². The highest BCUT2D eigenvalue weighted by molar-refractivity contribution is 5.92. The van der Waals surface area contributed by atoms with Crippen molar-refractivity contribution in [3.05, 3.63) is 119 Å². The summed E-state index contributed by atoms with van der Waals surface area (Å²) in [5, 5.41) is 0. The molecular formula is C32H30O9. The van der Waals surface area contributed by atoms with Crippen LogP contribution in [0.5, 0.6) is 0 Å². The fraction of sp³-hybridized carbons (Fsp3) is 0.125.